The number of carbonyl (C=O) groups excluding carboxylic acids is 1. The molecule has 4 nitrogen and oxygen atoms in total. The van der Waals surface area contributed by atoms with Gasteiger partial charge in [0.2, 0.25) is 0 Å². The van der Waals surface area contributed by atoms with Crippen LogP contribution in [0.4, 0.5) is 4.79 Å². The molecule has 1 unspecified atom stereocenters. The van der Waals surface area contributed by atoms with Crippen LogP contribution in [0.1, 0.15) is 44.6 Å². The summed E-state index contributed by atoms with van der Waals surface area (Å²) in [7, 11) is 0. The van der Waals surface area contributed by atoms with Gasteiger partial charge in [0.05, 0.1) is 0 Å². The second-order valence-electron chi connectivity index (χ2n) is 6.94. The largest absolute Gasteiger partial charge is 0.442 e. The molecule has 0 aromatic heterocycles. The summed E-state index contributed by atoms with van der Waals surface area (Å²) in [4.78, 5) is 14.3. The number of unbranched alkanes of at least 4 members (excludes halogenated alkanes) is 1. The molecule has 1 N–H and O–H groups in total. The van der Waals surface area contributed by atoms with Crippen molar-refractivity contribution in [2.45, 2.75) is 51.2 Å². The number of carbonyl (C=O) groups is 1. The number of ether oxygens (including phenoxy) is 1. The highest BCUT2D eigenvalue weighted by Gasteiger charge is 2.47. The zero-order chi connectivity index (χ0) is 16.1. The van der Waals surface area contributed by atoms with Gasteiger partial charge in [-0.25, -0.2) is 4.79 Å². The van der Waals surface area contributed by atoms with E-state index in [0.29, 0.717) is 5.92 Å². The fraction of sp³-hybridized carbons (Fsp3) is 0.632. The molecule has 0 radical (unpaired) electrons. The van der Waals surface area contributed by atoms with E-state index in [1.54, 1.807) is 0 Å². The second-order valence-corrected chi connectivity index (χ2v) is 6.94. The number of likely N-dealkylation sites (tertiary alicyclic amines) is 1. The van der Waals surface area contributed by atoms with Crippen LogP contribution in [0.3, 0.4) is 0 Å². The number of hydrogen-bond acceptors (Lipinski definition) is 3. The van der Waals surface area contributed by atoms with Crippen LogP contribution in [0.15, 0.2) is 30.3 Å². The van der Waals surface area contributed by atoms with E-state index in [9.17, 15) is 4.79 Å². The lowest BCUT2D eigenvalue weighted by Gasteiger charge is -2.48. The van der Waals surface area contributed by atoms with Crippen molar-refractivity contribution in [3.05, 3.63) is 35.9 Å². The number of nitrogens with one attached hydrogen (secondary N) is 1. The summed E-state index contributed by atoms with van der Waals surface area (Å²) in [6, 6.07) is 10.6. The molecule has 3 rings (SSSR count). The lowest BCUT2D eigenvalue weighted by molar-refractivity contribution is -0.0949. The summed E-state index contributed by atoms with van der Waals surface area (Å²) >= 11 is 0. The van der Waals surface area contributed by atoms with Crippen molar-refractivity contribution in [3.63, 3.8) is 0 Å². The molecule has 1 aromatic carbocycles. The Morgan fingerprint density at radius 2 is 2.00 bits per heavy atom. The Labute approximate surface area is 139 Å². The van der Waals surface area contributed by atoms with Gasteiger partial charge in [-0.15, -0.1) is 0 Å². The topological polar surface area (TPSA) is 41.6 Å². The van der Waals surface area contributed by atoms with Gasteiger partial charge < -0.3 is 10.1 Å². The van der Waals surface area contributed by atoms with Crippen molar-refractivity contribution in [2.24, 2.45) is 5.92 Å². The van der Waals surface area contributed by atoms with Crippen LogP contribution < -0.4 is 5.32 Å². The number of benzene rings is 1. The number of piperidine rings is 1. The highest BCUT2D eigenvalue weighted by Crippen LogP contribution is 2.38. The molecule has 1 spiro atoms. The van der Waals surface area contributed by atoms with Crippen molar-refractivity contribution in [2.75, 3.05) is 19.6 Å². The molecular formula is C19H28N2O2. The fourth-order valence-corrected chi connectivity index (χ4v) is 3.95. The molecule has 0 saturated carbocycles. The van der Waals surface area contributed by atoms with E-state index in [4.69, 9.17) is 4.74 Å². The van der Waals surface area contributed by atoms with Crippen LogP contribution in [0, 0.1) is 5.92 Å². The molecule has 0 aliphatic carbocycles. The van der Waals surface area contributed by atoms with E-state index >= 15 is 0 Å². The molecule has 1 amide bonds. The number of amides is 1. The minimum Gasteiger partial charge on any atom is -0.442 e. The first-order chi connectivity index (χ1) is 11.2. The molecule has 2 aliphatic heterocycles. The predicted molar refractivity (Wildman–Crippen MR) is 91.2 cm³/mol. The van der Waals surface area contributed by atoms with Crippen LogP contribution in [-0.4, -0.2) is 36.2 Å². The molecule has 0 bridgehead atoms. The molecule has 2 saturated heterocycles. The monoisotopic (exact) mass is 316 g/mol. The van der Waals surface area contributed by atoms with Gasteiger partial charge >= 0.3 is 6.09 Å². The Bertz CT molecular complexity index is 509. The Hall–Kier alpha value is -1.55. The maximum Gasteiger partial charge on any atom is 0.407 e. The summed E-state index contributed by atoms with van der Waals surface area (Å²) in [6.07, 6.45) is 5.24. The smallest absolute Gasteiger partial charge is 0.407 e. The molecule has 2 fully saturated rings. The third-order valence-electron chi connectivity index (χ3n) is 5.39. The Morgan fingerprint density at radius 3 is 2.70 bits per heavy atom. The zero-order valence-electron chi connectivity index (χ0n) is 14.1. The van der Waals surface area contributed by atoms with Gasteiger partial charge in [-0.3, -0.25) is 4.90 Å². The van der Waals surface area contributed by atoms with E-state index in [1.165, 1.54) is 18.4 Å². The maximum absolute atomic E-state index is 11.8. The van der Waals surface area contributed by atoms with Crippen molar-refractivity contribution < 1.29 is 9.53 Å². The van der Waals surface area contributed by atoms with Crippen LogP contribution >= 0.6 is 0 Å². The normalized spacial score (nSPS) is 24.2. The number of rotatable bonds is 5. The standard InChI is InChI=1S/C19H28N2O2/c1-2-3-9-17-14-20-18(22)23-19(17)10-12-21(13-11-19)15-16-7-5-4-6-8-16/h4-8,17H,2-3,9-15H2,1H3,(H,20,22). The number of nitrogens with zero attached hydrogens (tertiary/aromatic N) is 1. The molecule has 2 aliphatic rings. The summed E-state index contributed by atoms with van der Waals surface area (Å²) in [6.45, 7) is 5.99. The summed E-state index contributed by atoms with van der Waals surface area (Å²) in [5.41, 5.74) is 1.12. The summed E-state index contributed by atoms with van der Waals surface area (Å²) in [5, 5.41) is 2.89. The van der Waals surface area contributed by atoms with Gasteiger partial charge in [-0.05, 0) is 12.0 Å². The lowest BCUT2D eigenvalue weighted by atomic mass is 9.76. The third-order valence-corrected chi connectivity index (χ3v) is 5.39. The Kier molecular flexibility index (Phi) is 5.21. The third kappa shape index (κ3) is 3.86. The van der Waals surface area contributed by atoms with Crippen molar-refractivity contribution >= 4 is 6.09 Å². The Balaban J connectivity index is 1.61. The fourth-order valence-electron chi connectivity index (χ4n) is 3.95. The van der Waals surface area contributed by atoms with Crippen molar-refractivity contribution in [1.29, 1.82) is 0 Å². The van der Waals surface area contributed by atoms with Crippen molar-refractivity contribution in [3.8, 4) is 0 Å². The number of hydrogen-bond donors (Lipinski definition) is 1. The highest BCUT2D eigenvalue weighted by molar-refractivity contribution is 5.68. The van der Waals surface area contributed by atoms with E-state index < -0.39 is 0 Å². The first-order valence-electron chi connectivity index (χ1n) is 8.95. The molecule has 4 heteroatoms. The summed E-state index contributed by atoms with van der Waals surface area (Å²) < 4.78 is 5.85. The van der Waals surface area contributed by atoms with Gasteiger partial charge in [0.25, 0.3) is 0 Å². The SMILES string of the molecule is CCCCC1CNC(=O)OC12CCN(Cc1ccccc1)CC2. The minimum atomic E-state index is -0.231. The first kappa shape index (κ1) is 16.3. The zero-order valence-corrected chi connectivity index (χ0v) is 14.1. The van der Waals surface area contributed by atoms with E-state index in [-0.39, 0.29) is 11.7 Å². The van der Waals surface area contributed by atoms with E-state index in [0.717, 1.165) is 45.4 Å². The van der Waals surface area contributed by atoms with Gasteiger partial charge in [-0.1, -0.05) is 50.1 Å². The van der Waals surface area contributed by atoms with Crippen LogP contribution in [0.5, 0.6) is 0 Å². The van der Waals surface area contributed by atoms with E-state index in [1.807, 2.05) is 0 Å². The van der Waals surface area contributed by atoms with Crippen LogP contribution in [0.2, 0.25) is 0 Å². The van der Waals surface area contributed by atoms with Crippen LogP contribution in [0.25, 0.3) is 0 Å². The van der Waals surface area contributed by atoms with Gasteiger partial charge in [0.1, 0.15) is 5.60 Å². The molecule has 1 aromatic rings. The van der Waals surface area contributed by atoms with Crippen molar-refractivity contribution in [1.82, 2.24) is 10.2 Å². The first-order valence-corrected chi connectivity index (χ1v) is 8.95. The second kappa shape index (κ2) is 7.35. The minimum absolute atomic E-state index is 0.228. The molecule has 126 valence electrons. The van der Waals surface area contributed by atoms with Gasteiger partial charge in [0, 0.05) is 44.9 Å². The van der Waals surface area contributed by atoms with Crippen LogP contribution in [-0.2, 0) is 11.3 Å². The molecule has 23 heavy (non-hydrogen) atoms. The molecular weight excluding hydrogens is 288 g/mol. The van der Waals surface area contributed by atoms with Gasteiger partial charge in [0.15, 0.2) is 0 Å². The molecule has 2 heterocycles. The quantitative estimate of drug-likeness (QED) is 0.903. The lowest BCUT2D eigenvalue weighted by Crippen LogP contribution is -2.58. The predicted octanol–water partition coefficient (Wildman–Crippen LogP) is 3.57. The maximum atomic E-state index is 11.8. The van der Waals surface area contributed by atoms with Gasteiger partial charge in [-0.2, -0.15) is 0 Å². The number of alkyl carbamates (subject to hydrolysis) is 1. The Morgan fingerprint density at radius 1 is 1.26 bits per heavy atom. The van der Waals surface area contributed by atoms with E-state index in [2.05, 4.69) is 47.5 Å². The average molecular weight is 316 g/mol. The average Bonchev–Trinajstić information content (AvgIpc) is 2.57. The highest BCUT2D eigenvalue weighted by atomic mass is 16.6. The summed E-state index contributed by atoms with van der Waals surface area (Å²) in [5.74, 6) is 0.457. The molecule has 1 atom stereocenters.